The Morgan fingerprint density at radius 1 is 1.56 bits per heavy atom. The molecule has 0 aliphatic carbocycles. The van der Waals surface area contributed by atoms with Crippen molar-refractivity contribution in [2.45, 2.75) is 19.9 Å². The second kappa shape index (κ2) is 6.12. The number of pyridine rings is 1. The summed E-state index contributed by atoms with van der Waals surface area (Å²) in [6.45, 7) is 8.58. The van der Waals surface area contributed by atoms with E-state index in [-0.39, 0.29) is 0 Å². The number of hydrazine groups is 1. The zero-order valence-electron chi connectivity index (χ0n) is 10.1. The highest BCUT2D eigenvalue weighted by atomic mass is 16.5. The van der Waals surface area contributed by atoms with Gasteiger partial charge in [0.2, 0.25) is 5.88 Å². The van der Waals surface area contributed by atoms with Gasteiger partial charge in [-0.05, 0) is 19.9 Å². The highest BCUT2D eigenvalue weighted by molar-refractivity contribution is 5.40. The van der Waals surface area contributed by atoms with Gasteiger partial charge in [0.05, 0.1) is 7.11 Å². The number of hydrogen-bond donors (Lipinski definition) is 1. The van der Waals surface area contributed by atoms with Crippen molar-refractivity contribution in [2.24, 2.45) is 0 Å². The van der Waals surface area contributed by atoms with Gasteiger partial charge in [-0.15, -0.1) is 6.58 Å². The average molecular weight is 221 g/mol. The molecular weight excluding hydrogens is 202 g/mol. The first kappa shape index (κ1) is 12.5. The van der Waals surface area contributed by atoms with Crippen LogP contribution < -0.4 is 15.2 Å². The molecule has 0 amide bonds. The first-order valence-electron chi connectivity index (χ1n) is 5.33. The van der Waals surface area contributed by atoms with Crippen LogP contribution in [0.1, 0.15) is 13.8 Å². The summed E-state index contributed by atoms with van der Waals surface area (Å²) < 4.78 is 5.10. The molecule has 1 rings (SSSR count). The quantitative estimate of drug-likeness (QED) is 0.589. The summed E-state index contributed by atoms with van der Waals surface area (Å²) in [5.41, 5.74) is 3.23. The molecule has 0 fully saturated rings. The van der Waals surface area contributed by atoms with Gasteiger partial charge in [-0.3, -0.25) is 5.01 Å². The molecule has 4 nitrogen and oxygen atoms in total. The first-order chi connectivity index (χ1) is 7.69. The van der Waals surface area contributed by atoms with Crippen molar-refractivity contribution < 1.29 is 4.74 Å². The van der Waals surface area contributed by atoms with Gasteiger partial charge < -0.3 is 4.74 Å². The maximum atomic E-state index is 5.10. The Balaban J connectivity index is 2.86. The number of nitrogens with zero attached hydrogens (tertiary/aromatic N) is 2. The van der Waals surface area contributed by atoms with Crippen molar-refractivity contribution in [3.8, 4) is 5.88 Å². The van der Waals surface area contributed by atoms with E-state index in [1.807, 2.05) is 29.3 Å². The Morgan fingerprint density at radius 3 is 2.88 bits per heavy atom. The Kier molecular flexibility index (Phi) is 4.79. The maximum absolute atomic E-state index is 5.10. The van der Waals surface area contributed by atoms with Crippen molar-refractivity contribution in [1.82, 2.24) is 10.4 Å². The van der Waals surface area contributed by atoms with Crippen LogP contribution >= 0.6 is 0 Å². The van der Waals surface area contributed by atoms with Crippen molar-refractivity contribution >= 4 is 5.82 Å². The van der Waals surface area contributed by atoms with Crippen LogP contribution in [0.3, 0.4) is 0 Å². The minimum absolute atomic E-state index is 0.305. The summed E-state index contributed by atoms with van der Waals surface area (Å²) in [5.74, 6) is 1.46. The van der Waals surface area contributed by atoms with Crippen LogP contribution in [0.5, 0.6) is 5.88 Å². The van der Waals surface area contributed by atoms with Gasteiger partial charge >= 0.3 is 0 Å². The molecule has 4 heteroatoms. The summed E-state index contributed by atoms with van der Waals surface area (Å²) in [6.07, 6.45) is 1.82. The van der Waals surface area contributed by atoms with Crippen LogP contribution in [0.25, 0.3) is 0 Å². The van der Waals surface area contributed by atoms with E-state index in [1.165, 1.54) is 0 Å². The molecule has 0 atom stereocenters. The van der Waals surface area contributed by atoms with Gasteiger partial charge in [-0.1, -0.05) is 12.1 Å². The zero-order valence-corrected chi connectivity index (χ0v) is 10.1. The summed E-state index contributed by atoms with van der Waals surface area (Å²) in [6, 6.07) is 6.00. The minimum Gasteiger partial charge on any atom is -0.481 e. The normalized spacial score (nSPS) is 10.2. The highest BCUT2D eigenvalue weighted by Gasteiger charge is 2.11. The summed E-state index contributed by atoms with van der Waals surface area (Å²) in [4.78, 5) is 4.37. The largest absolute Gasteiger partial charge is 0.481 e. The number of nitrogens with one attached hydrogen (secondary N) is 1. The maximum Gasteiger partial charge on any atom is 0.214 e. The molecule has 0 spiro atoms. The number of ether oxygens (including phenoxy) is 1. The number of anilines is 1. The lowest BCUT2D eigenvalue weighted by Gasteiger charge is -2.28. The molecule has 1 heterocycles. The predicted octanol–water partition coefficient (Wildman–Crippen LogP) is 2.00. The fourth-order valence-corrected chi connectivity index (χ4v) is 1.34. The summed E-state index contributed by atoms with van der Waals surface area (Å²) in [5, 5.41) is 1.99. The van der Waals surface area contributed by atoms with Crippen molar-refractivity contribution in [3.63, 3.8) is 0 Å². The molecule has 1 aromatic heterocycles. The van der Waals surface area contributed by atoms with Crippen LogP contribution in [0.4, 0.5) is 5.82 Å². The lowest BCUT2D eigenvalue weighted by Crippen LogP contribution is -2.43. The Bertz CT molecular complexity index is 339. The fourth-order valence-electron chi connectivity index (χ4n) is 1.34. The topological polar surface area (TPSA) is 37.4 Å². The molecule has 88 valence electrons. The lowest BCUT2D eigenvalue weighted by atomic mass is 10.3. The van der Waals surface area contributed by atoms with Gasteiger partial charge in [0.1, 0.15) is 5.82 Å². The van der Waals surface area contributed by atoms with Crippen LogP contribution in [-0.4, -0.2) is 24.7 Å². The van der Waals surface area contributed by atoms with Gasteiger partial charge in [-0.2, -0.15) is 4.98 Å². The van der Waals surface area contributed by atoms with E-state index in [1.54, 1.807) is 7.11 Å². The molecule has 0 aliphatic heterocycles. The molecule has 0 bridgehead atoms. The van der Waals surface area contributed by atoms with Crippen molar-refractivity contribution in [1.29, 1.82) is 0 Å². The SMILES string of the molecule is C=CCNN(c1cccc(OC)n1)C(C)C. The average Bonchev–Trinajstić information content (AvgIpc) is 2.29. The molecular formula is C12H19N3O. The predicted molar refractivity (Wildman–Crippen MR) is 66.6 cm³/mol. The number of hydrogen-bond acceptors (Lipinski definition) is 4. The standard InChI is InChI=1S/C12H19N3O/c1-5-9-13-15(10(2)3)11-7-6-8-12(14-11)16-4/h5-8,10,13H,1,9H2,2-4H3. The van der Waals surface area contributed by atoms with E-state index >= 15 is 0 Å². The minimum atomic E-state index is 0.305. The molecule has 0 radical (unpaired) electrons. The van der Waals surface area contributed by atoms with E-state index in [2.05, 4.69) is 30.8 Å². The molecule has 0 saturated heterocycles. The second-order valence-electron chi connectivity index (χ2n) is 3.65. The van der Waals surface area contributed by atoms with Crippen LogP contribution in [0.2, 0.25) is 0 Å². The molecule has 1 aromatic rings. The third-order valence-corrected chi connectivity index (χ3v) is 2.09. The van der Waals surface area contributed by atoms with Crippen molar-refractivity contribution in [2.75, 3.05) is 18.7 Å². The van der Waals surface area contributed by atoms with E-state index < -0.39 is 0 Å². The molecule has 0 unspecified atom stereocenters. The van der Waals surface area contributed by atoms with Crippen LogP contribution in [0.15, 0.2) is 30.9 Å². The third-order valence-electron chi connectivity index (χ3n) is 2.09. The van der Waals surface area contributed by atoms with Gasteiger partial charge in [-0.25, -0.2) is 5.43 Å². The number of aromatic nitrogens is 1. The van der Waals surface area contributed by atoms with Gasteiger partial charge in [0, 0.05) is 18.7 Å². The monoisotopic (exact) mass is 221 g/mol. The van der Waals surface area contributed by atoms with Crippen LogP contribution in [-0.2, 0) is 0 Å². The molecule has 1 N–H and O–H groups in total. The Morgan fingerprint density at radius 2 is 2.31 bits per heavy atom. The van der Waals surface area contributed by atoms with E-state index in [9.17, 15) is 0 Å². The molecule has 16 heavy (non-hydrogen) atoms. The highest BCUT2D eigenvalue weighted by Crippen LogP contribution is 2.15. The lowest BCUT2D eigenvalue weighted by molar-refractivity contribution is 0.397. The van der Waals surface area contributed by atoms with Gasteiger partial charge in [0.25, 0.3) is 0 Å². The van der Waals surface area contributed by atoms with E-state index in [4.69, 9.17) is 4.74 Å². The molecule has 0 aliphatic rings. The third kappa shape index (κ3) is 3.24. The number of rotatable bonds is 6. The summed E-state index contributed by atoms with van der Waals surface area (Å²) >= 11 is 0. The Labute approximate surface area is 96.9 Å². The second-order valence-corrected chi connectivity index (χ2v) is 3.65. The molecule has 0 aromatic carbocycles. The van der Waals surface area contributed by atoms with Gasteiger partial charge in [0.15, 0.2) is 0 Å². The van der Waals surface area contributed by atoms with E-state index in [0.29, 0.717) is 18.5 Å². The molecule has 0 saturated carbocycles. The van der Waals surface area contributed by atoms with Crippen molar-refractivity contribution in [3.05, 3.63) is 30.9 Å². The fraction of sp³-hybridized carbons (Fsp3) is 0.417. The smallest absolute Gasteiger partial charge is 0.214 e. The first-order valence-corrected chi connectivity index (χ1v) is 5.33. The number of methoxy groups -OCH3 is 1. The zero-order chi connectivity index (χ0) is 12.0. The van der Waals surface area contributed by atoms with Crippen LogP contribution in [0, 0.1) is 0 Å². The summed E-state index contributed by atoms with van der Waals surface area (Å²) in [7, 11) is 1.61. The van der Waals surface area contributed by atoms with E-state index in [0.717, 1.165) is 5.82 Å². The Hall–Kier alpha value is -1.55.